The van der Waals surface area contributed by atoms with Crippen LogP contribution in [0.2, 0.25) is 0 Å². The van der Waals surface area contributed by atoms with Crippen LogP contribution >= 0.6 is 0 Å². The fourth-order valence-electron chi connectivity index (χ4n) is 1.54. The Kier molecular flexibility index (Phi) is 4.17. The summed E-state index contributed by atoms with van der Waals surface area (Å²) in [7, 11) is 0. The Morgan fingerprint density at radius 1 is 1.32 bits per heavy atom. The topological polar surface area (TPSA) is 90.7 Å². The maximum atomic E-state index is 10.7. The fourth-order valence-corrected chi connectivity index (χ4v) is 1.54. The molecule has 0 spiro atoms. The molecule has 0 radical (unpaired) electrons. The number of H-pyrrole nitrogens is 1. The van der Waals surface area contributed by atoms with E-state index in [9.17, 15) is 4.79 Å². The van der Waals surface area contributed by atoms with Crippen molar-refractivity contribution in [2.45, 2.75) is 6.42 Å². The second-order valence-electron chi connectivity index (χ2n) is 3.74. The number of fused-ring (bicyclic) bond motifs is 1. The van der Waals surface area contributed by atoms with Gasteiger partial charge in [-0.05, 0) is 23.8 Å². The van der Waals surface area contributed by atoms with Crippen LogP contribution in [0.1, 0.15) is 6.42 Å². The van der Waals surface area contributed by atoms with Gasteiger partial charge in [-0.3, -0.25) is 0 Å². The van der Waals surface area contributed by atoms with Gasteiger partial charge in [-0.1, -0.05) is 6.08 Å². The Balaban J connectivity index is 0.000000224. The summed E-state index contributed by atoms with van der Waals surface area (Å²) in [5, 5.41) is 16.5. The van der Waals surface area contributed by atoms with Crippen molar-refractivity contribution < 1.29 is 9.90 Å². The summed E-state index contributed by atoms with van der Waals surface area (Å²) in [6, 6.07) is 0. The number of hydrogen-bond donors (Lipinski definition) is 2. The monoisotopic (exact) mass is 256 g/mol. The highest BCUT2D eigenvalue weighted by Crippen LogP contribution is 2.27. The van der Waals surface area contributed by atoms with Gasteiger partial charge in [0.25, 0.3) is 0 Å². The third-order valence-electron chi connectivity index (χ3n) is 2.45. The zero-order valence-electron chi connectivity index (χ0n) is 10.0. The molecule has 0 aromatic carbocycles. The molecule has 0 unspecified atom stereocenters. The molecule has 3 rings (SSSR count). The molecule has 0 saturated heterocycles. The molecule has 6 nitrogen and oxygen atoms in total. The van der Waals surface area contributed by atoms with Gasteiger partial charge >= 0.3 is 5.97 Å². The van der Waals surface area contributed by atoms with Crippen LogP contribution in [0.25, 0.3) is 0 Å². The van der Waals surface area contributed by atoms with Crippen molar-refractivity contribution in [3.8, 4) is 0 Å². The molecule has 1 aliphatic carbocycles. The first kappa shape index (κ1) is 12.7. The summed E-state index contributed by atoms with van der Waals surface area (Å²) in [4.78, 5) is 17.1. The Labute approximate surface area is 109 Å². The molecule has 1 aromatic rings. The lowest BCUT2D eigenvalue weighted by atomic mass is 9.97. The lowest BCUT2D eigenvalue weighted by molar-refractivity contribution is -0.132. The number of allylic oxidation sites excluding steroid dienone is 5. The van der Waals surface area contributed by atoms with E-state index in [1.807, 2.05) is 6.08 Å². The average Bonchev–Trinajstić information content (AvgIpc) is 2.90. The van der Waals surface area contributed by atoms with Crippen molar-refractivity contribution in [3.05, 3.63) is 66.1 Å². The van der Waals surface area contributed by atoms with Gasteiger partial charge in [0, 0.05) is 30.6 Å². The Bertz CT molecular complexity index is 575. The summed E-state index contributed by atoms with van der Waals surface area (Å²) >= 11 is 0. The van der Waals surface area contributed by atoms with Crippen LogP contribution in [0.15, 0.2) is 76.3 Å². The van der Waals surface area contributed by atoms with E-state index in [1.165, 1.54) is 0 Å². The number of carboxylic acids is 1. The zero-order valence-corrected chi connectivity index (χ0v) is 10.0. The van der Waals surface area contributed by atoms with Crippen molar-refractivity contribution in [2.24, 2.45) is 10.2 Å². The van der Waals surface area contributed by atoms with Crippen LogP contribution < -0.4 is 0 Å². The standard InChI is InChI=1S/C10H8N2O2.C3H4N2/c13-10(14)8-3-4-9-7(6-8)2-1-5-11-12-9;1-2-5-3-4-1/h1-5H,6H2,(H,13,14);1-3H,(H,4,5). The Morgan fingerprint density at radius 3 is 2.84 bits per heavy atom. The molecule has 96 valence electrons. The lowest BCUT2D eigenvalue weighted by Gasteiger charge is -2.10. The highest BCUT2D eigenvalue weighted by atomic mass is 16.4. The first-order chi connectivity index (χ1) is 9.27. The van der Waals surface area contributed by atoms with Crippen LogP contribution in [-0.2, 0) is 4.79 Å². The normalized spacial score (nSPS) is 16.1. The van der Waals surface area contributed by atoms with Gasteiger partial charge in [0.05, 0.1) is 12.0 Å². The van der Waals surface area contributed by atoms with E-state index in [0.717, 1.165) is 11.3 Å². The van der Waals surface area contributed by atoms with E-state index >= 15 is 0 Å². The fraction of sp³-hybridized carbons (Fsp3) is 0.0769. The minimum Gasteiger partial charge on any atom is -0.478 e. The maximum absolute atomic E-state index is 10.7. The number of aromatic amines is 1. The van der Waals surface area contributed by atoms with Crippen LogP contribution in [0.5, 0.6) is 0 Å². The van der Waals surface area contributed by atoms with E-state index in [4.69, 9.17) is 5.11 Å². The number of nitrogens with one attached hydrogen (secondary N) is 1. The zero-order chi connectivity index (χ0) is 13.5. The van der Waals surface area contributed by atoms with Gasteiger partial charge in [0.15, 0.2) is 0 Å². The largest absolute Gasteiger partial charge is 0.478 e. The third-order valence-corrected chi connectivity index (χ3v) is 2.45. The van der Waals surface area contributed by atoms with Crippen molar-refractivity contribution in [1.29, 1.82) is 0 Å². The van der Waals surface area contributed by atoms with Crippen molar-refractivity contribution in [2.75, 3.05) is 0 Å². The number of aromatic nitrogens is 2. The van der Waals surface area contributed by atoms with Gasteiger partial charge in [-0.15, -0.1) is 0 Å². The molecule has 0 fully saturated rings. The van der Waals surface area contributed by atoms with Crippen LogP contribution in [-0.4, -0.2) is 21.0 Å². The van der Waals surface area contributed by atoms with Crippen LogP contribution in [0.4, 0.5) is 0 Å². The van der Waals surface area contributed by atoms with Gasteiger partial charge < -0.3 is 10.1 Å². The summed E-state index contributed by atoms with van der Waals surface area (Å²) in [5.41, 5.74) is 2.01. The van der Waals surface area contributed by atoms with Crippen LogP contribution in [0.3, 0.4) is 0 Å². The number of carbonyl (C=O) groups is 1. The molecule has 0 bridgehead atoms. The number of azo groups is 1. The molecule has 1 aliphatic heterocycles. The van der Waals surface area contributed by atoms with E-state index < -0.39 is 5.97 Å². The summed E-state index contributed by atoms with van der Waals surface area (Å²) in [6.45, 7) is 0. The molecule has 6 heteroatoms. The number of rotatable bonds is 1. The van der Waals surface area contributed by atoms with Crippen molar-refractivity contribution >= 4 is 5.97 Å². The SMILES string of the molecule is O=C(O)C1=CC=C2N=NC=CC=C2C1.c1c[nH]cn1. The van der Waals surface area contributed by atoms with E-state index in [1.54, 1.807) is 43.1 Å². The molecule has 0 saturated carbocycles. The molecule has 0 amide bonds. The summed E-state index contributed by atoms with van der Waals surface area (Å²) < 4.78 is 0. The Morgan fingerprint density at radius 2 is 2.21 bits per heavy atom. The van der Waals surface area contributed by atoms with Crippen LogP contribution in [0, 0.1) is 0 Å². The predicted molar refractivity (Wildman–Crippen MR) is 69.1 cm³/mol. The van der Waals surface area contributed by atoms with E-state index in [-0.39, 0.29) is 0 Å². The summed E-state index contributed by atoms with van der Waals surface area (Å²) in [6.07, 6.45) is 13.9. The van der Waals surface area contributed by atoms with E-state index in [0.29, 0.717) is 12.0 Å². The van der Waals surface area contributed by atoms with Crippen molar-refractivity contribution in [1.82, 2.24) is 9.97 Å². The molecule has 2 heterocycles. The number of aliphatic carboxylic acids is 1. The minimum absolute atomic E-state index is 0.380. The van der Waals surface area contributed by atoms with Gasteiger partial charge in [0.2, 0.25) is 0 Å². The molecule has 19 heavy (non-hydrogen) atoms. The van der Waals surface area contributed by atoms with Crippen molar-refractivity contribution in [3.63, 3.8) is 0 Å². The number of carboxylic acid groups (broad SMARTS) is 1. The second kappa shape index (κ2) is 6.25. The first-order valence-electron chi connectivity index (χ1n) is 5.61. The molecule has 2 aliphatic rings. The highest BCUT2D eigenvalue weighted by molar-refractivity contribution is 5.88. The Hall–Kier alpha value is -2.76. The second-order valence-corrected chi connectivity index (χ2v) is 3.74. The third kappa shape index (κ3) is 3.60. The van der Waals surface area contributed by atoms with E-state index in [2.05, 4.69) is 20.2 Å². The average molecular weight is 256 g/mol. The minimum atomic E-state index is -0.883. The summed E-state index contributed by atoms with van der Waals surface area (Å²) in [5.74, 6) is -0.883. The van der Waals surface area contributed by atoms with Gasteiger partial charge in [-0.2, -0.15) is 10.2 Å². The molecular weight excluding hydrogens is 244 g/mol. The number of imidazole rings is 1. The first-order valence-corrected chi connectivity index (χ1v) is 5.61. The molecule has 0 atom stereocenters. The smallest absolute Gasteiger partial charge is 0.331 e. The predicted octanol–water partition coefficient (Wildman–Crippen LogP) is 2.60. The quantitative estimate of drug-likeness (QED) is 0.809. The maximum Gasteiger partial charge on any atom is 0.331 e. The molecular formula is C13H12N4O2. The number of nitrogens with zero attached hydrogens (tertiary/aromatic N) is 3. The number of hydrogen-bond acceptors (Lipinski definition) is 4. The highest BCUT2D eigenvalue weighted by Gasteiger charge is 2.16. The molecule has 1 aromatic heterocycles. The van der Waals surface area contributed by atoms with Gasteiger partial charge in [0.1, 0.15) is 0 Å². The molecule has 2 N–H and O–H groups in total. The van der Waals surface area contributed by atoms with Gasteiger partial charge in [-0.25, -0.2) is 9.78 Å². The lowest BCUT2D eigenvalue weighted by Crippen LogP contribution is -2.05.